The Labute approximate surface area is 123 Å². The fourth-order valence-corrected chi connectivity index (χ4v) is 2.28. The van der Waals surface area contributed by atoms with Crippen LogP contribution in [0, 0.1) is 12.7 Å². The Balaban J connectivity index is 1.74. The first-order valence-electron chi connectivity index (χ1n) is 7.11. The fraction of sp³-hybridized carbons (Fsp3) is 0.467. The lowest BCUT2D eigenvalue weighted by atomic mass is 10.2. The largest absolute Gasteiger partial charge is 0.376 e. The normalized spacial score (nSPS) is 14.1. The van der Waals surface area contributed by atoms with Gasteiger partial charge in [0.1, 0.15) is 5.82 Å². The molecule has 0 saturated carbocycles. The number of hydrogen-bond donors (Lipinski definition) is 2. The lowest BCUT2D eigenvalue weighted by Crippen LogP contribution is -2.40. The first-order valence-corrected chi connectivity index (χ1v) is 7.11. The number of nitrogens with one attached hydrogen (secondary N) is 2. The molecule has 0 aromatic heterocycles. The summed E-state index contributed by atoms with van der Waals surface area (Å²) in [6.45, 7) is 3.40. The summed E-state index contributed by atoms with van der Waals surface area (Å²) in [4.78, 5) is 25.2. The van der Waals surface area contributed by atoms with E-state index in [1.54, 1.807) is 11.0 Å². The standard InChI is InChI=1S/C15H20FN3O2/c1-11-4-5-12(16)8-13(11)17-9-14(20)18-10-15(21)19-6-2-3-7-19/h4-5,8,17H,2-3,6-7,9-10H2,1H3,(H,18,20). The van der Waals surface area contributed by atoms with E-state index in [4.69, 9.17) is 0 Å². The summed E-state index contributed by atoms with van der Waals surface area (Å²) >= 11 is 0. The van der Waals surface area contributed by atoms with Gasteiger partial charge in [-0.1, -0.05) is 6.07 Å². The van der Waals surface area contributed by atoms with Gasteiger partial charge in [0, 0.05) is 18.8 Å². The van der Waals surface area contributed by atoms with Crippen LogP contribution in [-0.2, 0) is 9.59 Å². The zero-order valence-corrected chi connectivity index (χ0v) is 12.1. The van der Waals surface area contributed by atoms with Gasteiger partial charge in [0.05, 0.1) is 13.1 Å². The minimum absolute atomic E-state index is 0.0115. The van der Waals surface area contributed by atoms with Gasteiger partial charge in [-0.05, 0) is 37.5 Å². The van der Waals surface area contributed by atoms with Gasteiger partial charge >= 0.3 is 0 Å². The van der Waals surface area contributed by atoms with Crippen LogP contribution in [0.1, 0.15) is 18.4 Å². The molecule has 1 saturated heterocycles. The molecule has 21 heavy (non-hydrogen) atoms. The molecule has 1 aliphatic rings. The molecule has 0 unspecified atom stereocenters. The highest BCUT2D eigenvalue weighted by Crippen LogP contribution is 2.15. The Morgan fingerprint density at radius 3 is 2.67 bits per heavy atom. The van der Waals surface area contributed by atoms with E-state index in [1.165, 1.54) is 12.1 Å². The molecule has 0 aliphatic carbocycles. The second-order valence-electron chi connectivity index (χ2n) is 5.18. The molecule has 2 rings (SSSR count). The third-order valence-electron chi connectivity index (χ3n) is 3.53. The summed E-state index contributed by atoms with van der Waals surface area (Å²) < 4.78 is 13.1. The number of halogens is 1. The first kappa shape index (κ1) is 15.3. The zero-order chi connectivity index (χ0) is 15.2. The predicted molar refractivity (Wildman–Crippen MR) is 78.5 cm³/mol. The molecule has 2 amide bonds. The van der Waals surface area contributed by atoms with E-state index in [1.807, 2.05) is 6.92 Å². The second-order valence-corrected chi connectivity index (χ2v) is 5.18. The van der Waals surface area contributed by atoms with E-state index in [-0.39, 0.29) is 30.7 Å². The summed E-state index contributed by atoms with van der Waals surface area (Å²) in [5, 5.41) is 5.45. The minimum atomic E-state index is -0.354. The lowest BCUT2D eigenvalue weighted by molar-refractivity contribution is -0.131. The molecule has 0 atom stereocenters. The Hall–Kier alpha value is -2.11. The quantitative estimate of drug-likeness (QED) is 0.860. The number of anilines is 1. The van der Waals surface area contributed by atoms with Crippen LogP contribution in [0.25, 0.3) is 0 Å². The van der Waals surface area contributed by atoms with Gasteiger partial charge in [-0.3, -0.25) is 9.59 Å². The number of carbonyl (C=O) groups is 2. The Morgan fingerprint density at radius 1 is 1.24 bits per heavy atom. The number of nitrogens with zero attached hydrogens (tertiary/aromatic N) is 1. The lowest BCUT2D eigenvalue weighted by Gasteiger charge is -2.15. The third kappa shape index (κ3) is 4.44. The Kier molecular flexibility index (Phi) is 5.14. The molecule has 5 nitrogen and oxygen atoms in total. The molecule has 0 radical (unpaired) electrons. The summed E-state index contributed by atoms with van der Waals surface area (Å²) in [6.07, 6.45) is 2.06. The second kappa shape index (κ2) is 7.06. The summed E-state index contributed by atoms with van der Waals surface area (Å²) in [5.41, 5.74) is 1.44. The Bertz CT molecular complexity index is 528. The van der Waals surface area contributed by atoms with E-state index < -0.39 is 0 Å². The van der Waals surface area contributed by atoms with E-state index in [0.717, 1.165) is 31.5 Å². The van der Waals surface area contributed by atoms with Crippen LogP contribution in [0.4, 0.5) is 10.1 Å². The molecule has 1 aromatic rings. The molecule has 0 bridgehead atoms. The molecular weight excluding hydrogens is 273 g/mol. The SMILES string of the molecule is Cc1ccc(F)cc1NCC(=O)NCC(=O)N1CCCC1. The smallest absolute Gasteiger partial charge is 0.241 e. The molecule has 114 valence electrons. The van der Waals surface area contributed by atoms with Crippen molar-refractivity contribution in [3.05, 3.63) is 29.6 Å². The summed E-state index contributed by atoms with van der Waals surface area (Å²) in [5.74, 6) is -0.693. The van der Waals surface area contributed by atoms with Gasteiger partial charge in [0.2, 0.25) is 11.8 Å². The van der Waals surface area contributed by atoms with Crippen molar-refractivity contribution in [1.82, 2.24) is 10.2 Å². The Morgan fingerprint density at radius 2 is 1.95 bits per heavy atom. The van der Waals surface area contributed by atoms with Crippen LogP contribution in [0.5, 0.6) is 0 Å². The first-order chi connectivity index (χ1) is 10.1. The van der Waals surface area contributed by atoms with Crippen molar-refractivity contribution in [2.45, 2.75) is 19.8 Å². The summed E-state index contributed by atoms with van der Waals surface area (Å²) in [6, 6.07) is 4.36. The van der Waals surface area contributed by atoms with Crippen LogP contribution in [0.2, 0.25) is 0 Å². The van der Waals surface area contributed by atoms with Gasteiger partial charge in [0.15, 0.2) is 0 Å². The van der Waals surface area contributed by atoms with Crippen molar-refractivity contribution in [2.75, 3.05) is 31.5 Å². The average molecular weight is 293 g/mol. The molecule has 1 fully saturated rings. The fourth-order valence-electron chi connectivity index (χ4n) is 2.28. The maximum atomic E-state index is 13.1. The average Bonchev–Trinajstić information content (AvgIpc) is 3.00. The van der Waals surface area contributed by atoms with Gasteiger partial charge in [0.25, 0.3) is 0 Å². The minimum Gasteiger partial charge on any atom is -0.376 e. The van der Waals surface area contributed by atoms with Gasteiger partial charge < -0.3 is 15.5 Å². The molecule has 6 heteroatoms. The number of benzene rings is 1. The topological polar surface area (TPSA) is 61.4 Å². The van der Waals surface area contributed by atoms with Crippen molar-refractivity contribution in [2.24, 2.45) is 0 Å². The van der Waals surface area contributed by atoms with Crippen molar-refractivity contribution in [1.29, 1.82) is 0 Å². The van der Waals surface area contributed by atoms with E-state index in [2.05, 4.69) is 10.6 Å². The van der Waals surface area contributed by atoms with Crippen LogP contribution < -0.4 is 10.6 Å². The van der Waals surface area contributed by atoms with Gasteiger partial charge in [-0.25, -0.2) is 4.39 Å². The number of hydrogen-bond acceptors (Lipinski definition) is 3. The number of rotatable bonds is 5. The zero-order valence-electron chi connectivity index (χ0n) is 12.1. The molecule has 2 N–H and O–H groups in total. The highest BCUT2D eigenvalue weighted by atomic mass is 19.1. The highest BCUT2D eigenvalue weighted by molar-refractivity contribution is 5.87. The molecule has 1 aliphatic heterocycles. The number of carbonyl (C=O) groups excluding carboxylic acids is 2. The number of amides is 2. The molecule has 1 aromatic carbocycles. The van der Waals surface area contributed by atoms with Crippen LogP contribution >= 0.6 is 0 Å². The van der Waals surface area contributed by atoms with E-state index in [0.29, 0.717) is 5.69 Å². The molecule has 0 spiro atoms. The van der Waals surface area contributed by atoms with Crippen LogP contribution in [-0.4, -0.2) is 42.9 Å². The van der Waals surface area contributed by atoms with E-state index in [9.17, 15) is 14.0 Å². The van der Waals surface area contributed by atoms with Crippen molar-refractivity contribution in [3.8, 4) is 0 Å². The molecule has 1 heterocycles. The molecular formula is C15H20FN3O2. The predicted octanol–water partition coefficient (Wildman–Crippen LogP) is 1.28. The monoisotopic (exact) mass is 293 g/mol. The van der Waals surface area contributed by atoms with Gasteiger partial charge in [-0.15, -0.1) is 0 Å². The maximum absolute atomic E-state index is 13.1. The number of aryl methyl sites for hydroxylation is 1. The maximum Gasteiger partial charge on any atom is 0.241 e. The third-order valence-corrected chi connectivity index (χ3v) is 3.53. The van der Waals surface area contributed by atoms with Crippen molar-refractivity contribution in [3.63, 3.8) is 0 Å². The van der Waals surface area contributed by atoms with Crippen LogP contribution in [0.3, 0.4) is 0 Å². The van der Waals surface area contributed by atoms with Crippen molar-refractivity contribution >= 4 is 17.5 Å². The van der Waals surface area contributed by atoms with Gasteiger partial charge in [-0.2, -0.15) is 0 Å². The van der Waals surface area contributed by atoms with E-state index >= 15 is 0 Å². The highest BCUT2D eigenvalue weighted by Gasteiger charge is 2.17. The summed E-state index contributed by atoms with van der Waals surface area (Å²) in [7, 11) is 0. The van der Waals surface area contributed by atoms with Crippen molar-refractivity contribution < 1.29 is 14.0 Å². The van der Waals surface area contributed by atoms with Crippen LogP contribution in [0.15, 0.2) is 18.2 Å². The number of likely N-dealkylation sites (tertiary alicyclic amines) is 1.